The van der Waals surface area contributed by atoms with E-state index in [-0.39, 0.29) is 5.57 Å². The number of furan rings is 1. The number of hydrogen-bond acceptors (Lipinski definition) is 5. The van der Waals surface area contributed by atoms with Crippen LogP contribution < -0.4 is 0 Å². The lowest BCUT2D eigenvalue weighted by Gasteiger charge is -2.29. The molecule has 3 rings (SSSR count). The molecule has 2 heterocycles. The highest BCUT2D eigenvalue weighted by atomic mass is 16.7. The highest BCUT2D eigenvalue weighted by Crippen LogP contribution is 2.29. The van der Waals surface area contributed by atoms with Gasteiger partial charge in [0, 0.05) is 19.4 Å². The van der Waals surface area contributed by atoms with Crippen molar-refractivity contribution < 1.29 is 23.5 Å². The molecule has 0 unspecified atom stereocenters. The molecule has 0 N–H and O–H groups in total. The van der Waals surface area contributed by atoms with E-state index in [2.05, 4.69) is 0 Å². The largest absolute Gasteiger partial charge is 0.461 e. The van der Waals surface area contributed by atoms with Gasteiger partial charge in [-0.05, 0) is 30.7 Å². The molecule has 0 atom stereocenters. The van der Waals surface area contributed by atoms with Crippen LogP contribution in [-0.4, -0.2) is 17.7 Å². The third kappa shape index (κ3) is 3.04. The number of cyclic esters (lactones) is 2. The van der Waals surface area contributed by atoms with E-state index in [1.54, 1.807) is 6.07 Å². The monoisotopic (exact) mass is 312 g/mol. The number of ether oxygens (including phenoxy) is 2. The molecule has 0 aliphatic carbocycles. The molecule has 1 aliphatic heterocycles. The second-order valence-electron chi connectivity index (χ2n) is 5.73. The third-order valence-electron chi connectivity index (χ3n) is 3.38. The Labute approximate surface area is 133 Å². The molecule has 1 aromatic heterocycles. The lowest BCUT2D eigenvalue weighted by atomic mass is 10.0. The van der Waals surface area contributed by atoms with E-state index in [0.717, 1.165) is 11.3 Å². The van der Waals surface area contributed by atoms with Crippen molar-refractivity contribution in [3.05, 3.63) is 53.3 Å². The van der Waals surface area contributed by atoms with Crippen LogP contribution in [0.15, 0.2) is 46.4 Å². The van der Waals surface area contributed by atoms with Crippen LogP contribution in [0.4, 0.5) is 0 Å². The molecule has 1 aliphatic rings. The molecule has 1 saturated heterocycles. The number of carbonyl (C=O) groups excluding carboxylic acids is 2. The summed E-state index contributed by atoms with van der Waals surface area (Å²) in [6.45, 7) is 4.88. The molecule has 0 spiro atoms. The van der Waals surface area contributed by atoms with E-state index in [0.29, 0.717) is 11.3 Å². The number of aryl methyl sites for hydroxylation is 1. The highest BCUT2D eigenvalue weighted by Gasteiger charge is 2.38. The summed E-state index contributed by atoms with van der Waals surface area (Å²) in [5.74, 6) is -1.20. The molecule has 5 heteroatoms. The fourth-order valence-electron chi connectivity index (χ4n) is 2.36. The van der Waals surface area contributed by atoms with Gasteiger partial charge in [-0.15, -0.1) is 0 Å². The maximum Gasteiger partial charge on any atom is 0.348 e. The zero-order chi connectivity index (χ0) is 16.6. The van der Waals surface area contributed by atoms with E-state index < -0.39 is 17.7 Å². The van der Waals surface area contributed by atoms with Gasteiger partial charge in [-0.2, -0.15) is 0 Å². The van der Waals surface area contributed by atoms with Crippen LogP contribution in [0.25, 0.3) is 17.4 Å². The van der Waals surface area contributed by atoms with Crippen molar-refractivity contribution in [3.8, 4) is 11.3 Å². The van der Waals surface area contributed by atoms with Gasteiger partial charge in [0.05, 0.1) is 0 Å². The van der Waals surface area contributed by atoms with E-state index >= 15 is 0 Å². The Hall–Kier alpha value is -2.82. The molecule has 1 fully saturated rings. The predicted molar refractivity (Wildman–Crippen MR) is 83.1 cm³/mol. The Kier molecular flexibility index (Phi) is 3.56. The van der Waals surface area contributed by atoms with Crippen molar-refractivity contribution >= 4 is 18.0 Å². The molecule has 0 radical (unpaired) electrons. The van der Waals surface area contributed by atoms with Crippen LogP contribution in [0.3, 0.4) is 0 Å². The quantitative estimate of drug-likeness (QED) is 0.482. The van der Waals surface area contributed by atoms with Crippen molar-refractivity contribution in [1.29, 1.82) is 0 Å². The van der Waals surface area contributed by atoms with Crippen molar-refractivity contribution in [2.24, 2.45) is 0 Å². The van der Waals surface area contributed by atoms with Crippen LogP contribution in [-0.2, 0) is 19.1 Å². The maximum absolute atomic E-state index is 12.1. The summed E-state index contributed by atoms with van der Waals surface area (Å²) >= 11 is 0. The average Bonchev–Trinajstić information content (AvgIpc) is 2.89. The molecule has 0 saturated carbocycles. The Bertz CT molecular complexity index is 788. The number of hydrogen-bond donors (Lipinski definition) is 0. The highest BCUT2D eigenvalue weighted by molar-refractivity contribution is 6.19. The number of rotatable bonds is 2. The third-order valence-corrected chi connectivity index (χ3v) is 3.38. The Morgan fingerprint density at radius 3 is 2.22 bits per heavy atom. The normalized spacial score (nSPS) is 16.7. The summed E-state index contributed by atoms with van der Waals surface area (Å²) in [6, 6.07) is 11.0. The summed E-state index contributed by atoms with van der Waals surface area (Å²) in [5, 5.41) is 0. The molecule has 1 aromatic carbocycles. The summed E-state index contributed by atoms with van der Waals surface area (Å²) in [7, 11) is 0. The van der Waals surface area contributed by atoms with Crippen molar-refractivity contribution in [2.75, 3.05) is 0 Å². The predicted octanol–water partition coefficient (Wildman–Crippen LogP) is 3.47. The van der Waals surface area contributed by atoms with Crippen molar-refractivity contribution in [2.45, 2.75) is 26.6 Å². The second kappa shape index (κ2) is 5.43. The van der Waals surface area contributed by atoms with Gasteiger partial charge in [0.25, 0.3) is 5.79 Å². The first-order chi connectivity index (χ1) is 10.9. The SMILES string of the molecule is Cc1ccc(-c2ccccc2C=C2C(=O)OC(C)(C)OC2=O)o1. The molecule has 5 nitrogen and oxygen atoms in total. The minimum atomic E-state index is -1.25. The Balaban J connectivity index is 2.03. The van der Waals surface area contributed by atoms with Gasteiger partial charge in [0.1, 0.15) is 17.1 Å². The molecular weight excluding hydrogens is 296 g/mol. The summed E-state index contributed by atoms with van der Waals surface area (Å²) in [6.07, 6.45) is 1.47. The first kappa shape index (κ1) is 15.1. The Morgan fingerprint density at radius 2 is 1.61 bits per heavy atom. The minimum absolute atomic E-state index is 0.139. The molecule has 118 valence electrons. The Morgan fingerprint density at radius 1 is 0.957 bits per heavy atom. The second-order valence-corrected chi connectivity index (χ2v) is 5.73. The molecule has 0 amide bonds. The average molecular weight is 312 g/mol. The van der Waals surface area contributed by atoms with Crippen molar-refractivity contribution in [1.82, 2.24) is 0 Å². The van der Waals surface area contributed by atoms with Gasteiger partial charge >= 0.3 is 11.9 Å². The first-order valence-corrected chi connectivity index (χ1v) is 7.20. The van der Waals surface area contributed by atoms with Crippen LogP contribution in [0, 0.1) is 6.92 Å². The fourth-order valence-corrected chi connectivity index (χ4v) is 2.36. The van der Waals surface area contributed by atoms with Gasteiger partial charge < -0.3 is 13.9 Å². The molecule has 2 aromatic rings. The standard InChI is InChI=1S/C18H16O5/c1-11-8-9-15(21-11)13-7-5-4-6-12(13)10-14-16(19)22-18(2,3)23-17(14)20/h4-10H,1-3H3. The zero-order valence-electron chi connectivity index (χ0n) is 13.1. The summed E-state index contributed by atoms with van der Waals surface area (Å²) < 4.78 is 15.8. The van der Waals surface area contributed by atoms with Gasteiger partial charge in [0.15, 0.2) is 0 Å². The van der Waals surface area contributed by atoms with Crippen molar-refractivity contribution in [3.63, 3.8) is 0 Å². The molecule has 0 bridgehead atoms. The van der Waals surface area contributed by atoms with Crippen LogP contribution in [0.1, 0.15) is 25.2 Å². The van der Waals surface area contributed by atoms with E-state index in [9.17, 15) is 9.59 Å². The minimum Gasteiger partial charge on any atom is -0.461 e. The number of carbonyl (C=O) groups is 2. The molecule has 23 heavy (non-hydrogen) atoms. The van der Waals surface area contributed by atoms with Gasteiger partial charge in [-0.3, -0.25) is 0 Å². The van der Waals surface area contributed by atoms with Crippen LogP contribution in [0.2, 0.25) is 0 Å². The zero-order valence-corrected chi connectivity index (χ0v) is 13.1. The lowest BCUT2D eigenvalue weighted by Crippen LogP contribution is -2.41. The van der Waals surface area contributed by atoms with E-state index in [1.807, 2.05) is 37.3 Å². The van der Waals surface area contributed by atoms with Gasteiger partial charge in [-0.1, -0.05) is 24.3 Å². The topological polar surface area (TPSA) is 65.7 Å². The van der Waals surface area contributed by atoms with Crippen LogP contribution >= 0.6 is 0 Å². The first-order valence-electron chi connectivity index (χ1n) is 7.20. The molecular formula is C18H16O5. The van der Waals surface area contributed by atoms with Gasteiger partial charge in [0.2, 0.25) is 0 Å². The number of benzene rings is 1. The summed E-state index contributed by atoms with van der Waals surface area (Å²) in [5.41, 5.74) is 1.31. The van der Waals surface area contributed by atoms with Crippen LogP contribution in [0.5, 0.6) is 0 Å². The van der Waals surface area contributed by atoms with E-state index in [4.69, 9.17) is 13.9 Å². The van der Waals surface area contributed by atoms with Gasteiger partial charge in [-0.25, -0.2) is 9.59 Å². The number of esters is 2. The smallest absolute Gasteiger partial charge is 0.348 e. The summed E-state index contributed by atoms with van der Waals surface area (Å²) in [4.78, 5) is 24.1. The lowest BCUT2D eigenvalue weighted by molar-refractivity contribution is -0.222. The maximum atomic E-state index is 12.1. The van der Waals surface area contributed by atoms with E-state index in [1.165, 1.54) is 19.9 Å². The fraction of sp³-hybridized carbons (Fsp3) is 0.222.